The second-order valence-electron chi connectivity index (χ2n) is 9.16. The Hall–Kier alpha value is -4.90. The molecule has 0 saturated carbocycles. The Morgan fingerprint density at radius 3 is 2.34 bits per heavy atom. The van der Waals surface area contributed by atoms with Crippen molar-refractivity contribution in [1.82, 2.24) is 19.5 Å². The third kappa shape index (κ3) is 5.07. The topological polar surface area (TPSA) is 56.7 Å². The van der Waals surface area contributed by atoms with Crippen LogP contribution in [0.1, 0.15) is 0 Å². The summed E-state index contributed by atoms with van der Waals surface area (Å²) >= 11 is 0. The Labute approximate surface area is 250 Å². The van der Waals surface area contributed by atoms with Gasteiger partial charge in [0.05, 0.1) is 28.6 Å². The van der Waals surface area contributed by atoms with Crippen molar-refractivity contribution in [3.8, 4) is 28.3 Å². The number of hydrogen-bond donors (Lipinski definition) is 0. The van der Waals surface area contributed by atoms with Crippen molar-refractivity contribution in [2.75, 3.05) is 0 Å². The summed E-state index contributed by atoms with van der Waals surface area (Å²) < 4.78 is 8.34. The van der Waals surface area contributed by atoms with E-state index in [9.17, 15) is 0 Å². The molecule has 4 aromatic carbocycles. The van der Waals surface area contributed by atoms with E-state index >= 15 is 0 Å². The molecule has 0 unspecified atom stereocenters. The molecule has 0 aliphatic heterocycles. The number of nitrogens with zero attached hydrogens (tertiary/aromatic N) is 4. The fourth-order valence-electron chi connectivity index (χ4n) is 4.86. The molecule has 1 radical (unpaired) electrons. The average Bonchev–Trinajstić information content (AvgIpc) is 3.62. The molecule has 6 heteroatoms. The minimum absolute atomic E-state index is 0. The van der Waals surface area contributed by atoms with Gasteiger partial charge >= 0.3 is 0 Å². The Morgan fingerprint density at radius 1 is 0.683 bits per heavy atom. The van der Waals surface area contributed by atoms with Crippen molar-refractivity contribution in [2.24, 2.45) is 0 Å². The minimum Gasteiger partial charge on any atom is -0.501 e. The van der Waals surface area contributed by atoms with E-state index in [2.05, 4.69) is 44.9 Å². The monoisotopic (exact) mass is 707 g/mol. The van der Waals surface area contributed by atoms with Crippen molar-refractivity contribution in [3.63, 3.8) is 0 Å². The van der Waals surface area contributed by atoms with Crippen LogP contribution in [-0.4, -0.2) is 19.5 Å². The number of imidazole rings is 1. The molecule has 0 spiro atoms. The number of benzene rings is 4. The first kappa shape index (κ1) is 26.3. The summed E-state index contributed by atoms with van der Waals surface area (Å²) in [5.74, 6) is 0.791. The van der Waals surface area contributed by atoms with Crippen LogP contribution in [-0.2, 0) is 20.1 Å². The van der Waals surface area contributed by atoms with Crippen LogP contribution in [0.4, 0.5) is 0 Å². The summed E-state index contributed by atoms with van der Waals surface area (Å²) in [5, 5.41) is 2.16. The summed E-state index contributed by atoms with van der Waals surface area (Å²) in [7, 11) is 0. The van der Waals surface area contributed by atoms with E-state index in [1.807, 2.05) is 103 Å². The first-order valence-corrected chi connectivity index (χ1v) is 12.9. The predicted molar refractivity (Wildman–Crippen MR) is 159 cm³/mol. The molecule has 5 nitrogen and oxygen atoms in total. The normalized spacial score (nSPS) is 10.7. The first-order valence-electron chi connectivity index (χ1n) is 12.9. The van der Waals surface area contributed by atoms with E-state index in [1.54, 1.807) is 12.4 Å². The number of aromatic nitrogens is 4. The molecule has 0 fully saturated rings. The second kappa shape index (κ2) is 11.7. The molecule has 0 atom stereocenters. The zero-order valence-electron chi connectivity index (χ0n) is 21.7. The van der Waals surface area contributed by atoms with Crippen LogP contribution in [0.2, 0.25) is 0 Å². The van der Waals surface area contributed by atoms with Crippen molar-refractivity contribution in [2.45, 2.75) is 0 Å². The van der Waals surface area contributed by atoms with Crippen LogP contribution < -0.4 is 0 Å². The molecule has 0 amide bonds. The van der Waals surface area contributed by atoms with E-state index in [1.165, 1.54) is 0 Å². The van der Waals surface area contributed by atoms with Gasteiger partial charge in [-0.15, -0.1) is 54.1 Å². The molecule has 0 aliphatic carbocycles. The van der Waals surface area contributed by atoms with Crippen molar-refractivity contribution < 1.29 is 24.5 Å². The van der Waals surface area contributed by atoms with E-state index in [-0.39, 0.29) is 20.1 Å². The van der Waals surface area contributed by atoms with Crippen LogP contribution in [0, 0.1) is 12.1 Å². The molecule has 0 aliphatic rings. The zero-order valence-corrected chi connectivity index (χ0v) is 24.1. The fourth-order valence-corrected chi connectivity index (χ4v) is 4.86. The standard InChI is InChI=1S/C24H14N3O.C11H8N.Ir/c1-2-7-16(8-3-1)27-21-15-25-14-13-20(21)26-24(27)19-11-6-10-18-17-9-4-5-12-22(17)28-23(18)19;1-2-6-10(7-3-1)11-8-4-5-9-12-11;/h1-10,12-15H;1-6,8-9H;/q2*-1;. The van der Waals surface area contributed by atoms with Gasteiger partial charge in [0.15, 0.2) is 0 Å². The van der Waals surface area contributed by atoms with Crippen LogP contribution in [0.15, 0.2) is 138 Å². The van der Waals surface area contributed by atoms with Crippen molar-refractivity contribution >= 4 is 33.0 Å². The Morgan fingerprint density at radius 2 is 1.51 bits per heavy atom. The predicted octanol–water partition coefficient (Wildman–Crippen LogP) is 8.33. The maximum absolute atomic E-state index is 6.22. The van der Waals surface area contributed by atoms with Gasteiger partial charge in [0.1, 0.15) is 5.58 Å². The Kier molecular flexibility index (Phi) is 7.50. The Bertz CT molecular complexity index is 2020. The summed E-state index contributed by atoms with van der Waals surface area (Å²) in [4.78, 5) is 13.4. The van der Waals surface area contributed by atoms with E-state index < -0.39 is 0 Å². The van der Waals surface area contributed by atoms with Gasteiger partial charge in [-0.2, -0.15) is 0 Å². The summed E-state index contributed by atoms with van der Waals surface area (Å²) in [6.45, 7) is 0. The molecule has 0 N–H and O–H groups in total. The van der Waals surface area contributed by atoms with Crippen molar-refractivity contribution in [1.29, 1.82) is 0 Å². The minimum atomic E-state index is 0. The molecule has 8 aromatic rings. The maximum atomic E-state index is 6.22. The van der Waals surface area contributed by atoms with Gasteiger partial charge < -0.3 is 14.0 Å². The molecule has 0 saturated heterocycles. The summed E-state index contributed by atoms with van der Waals surface area (Å²) in [6, 6.07) is 44.3. The third-order valence-electron chi connectivity index (χ3n) is 6.68. The largest absolute Gasteiger partial charge is 0.501 e. The van der Waals surface area contributed by atoms with Gasteiger partial charge in [0.25, 0.3) is 0 Å². The van der Waals surface area contributed by atoms with E-state index in [0.717, 1.165) is 61.3 Å². The molecule has 8 rings (SSSR count). The summed E-state index contributed by atoms with van der Waals surface area (Å²) in [5.41, 5.74) is 7.37. The summed E-state index contributed by atoms with van der Waals surface area (Å²) in [6.07, 6.45) is 5.40. The van der Waals surface area contributed by atoms with Gasteiger partial charge in [0, 0.05) is 43.6 Å². The molecular weight excluding hydrogens is 685 g/mol. The Balaban J connectivity index is 0.000000196. The van der Waals surface area contributed by atoms with Gasteiger partial charge in [-0.1, -0.05) is 59.5 Å². The van der Waals surface area contributed by atoms with E-state index in [4.69, 9.17) is 9.40 Å². The number of hydrogen-bond acceptors (Lipinski definition) is 4. The molecule has 4 heterocycles. The number of rotatable bonds is 3. The quantitative estimate of drug-likeness (QED) is 0.174. The number of fused-ring (bicyclic) bond motifs is 4. The third-order valence-corrected chi connectivity index (χ3v) is 6.68. The molecule has 4 aromatic heterocycles. The van der Waals surface area contributed by atoms with Crippen molar-refractivity contribution in [3.05, 3.63) is 146 Å². The van der Waals surface area contributed by atoms with Gasteiger partial charge in [0.2, 0.25) is 0 Å². The van der Waals surface area contributed by atoms with Crippen LogP contribution in [0.5, 0.6) is 0 Å². The average molecular weight is 707 g/mol. The SMILES string of the molecule is [Ir].[c-]1ccc2c(oc3ccccc32)c1-c1nc2ccncc2n1-c1ccccc1.[c-]1ccccc1-c1ccccn1. The number of para-hydroxylation sites is 2. The first-order chi connectivity index (χ1) is 19.9. The zero-order chi connectivity index (χ0) is 26.7. The molecule has 41 heavy (non-hydrogen) atoms. The van der Waals surface area contributed by atoms with E-state index in [0.29, 0.717) is 0 Å². The second-order valence-corrected chi connectivity index (χ2v) is 9.16. The van der Waals surface area contributed by atoms with Gasteiger partial charge in [-0.25, -0.2) is 0 Å². The number of pyridine rings is 2. The number of furan rings is 1. The van der Waals surface area contributed by atoms with Gasteiger partial charge in [-0.3, -0.25) is 9.97 Å². The molecule has 199 valence electrons. The molecular formula is C35H22IrN4O-2. The van der Waals surface area contributed by atoms with Crippen LogP contribution in [0.3, 0.4) is 0 Å². The smallest absolute Gasteiger partial charge is 0.120 e. The van der Waals surface area contributed by atoms with Gasteiger partial charge in [-0.05, 0) is 36.0 Å². The van der Waals surface area contributed by atoms with Crippen LogP contribution >= 0.6 is 0 Å². The van der Waals surface area contributed by atoms with Crippen LogP contribution in [0.25, 0.3) is 61.3 Å². The molecule has 0 bridgehead atoms. The fraction of sp³-hybridized carbons (Fsp3) is 0. The maximum Gasteiger partial charge on any atom is 0.120 e.